The van der Waals surface area contributed by atoms with Gasteiger partial charge in [-0.05, 0) is 6.92 Å². The first-order valence-electron chi connectivity index (χ1n) is 5.49. The summed E-state index contributed by atoms with van der Waals surface area (Å²) in [4.78, 5) is 13.9. The Kier molecular flexibility index (Phi) is 5.48. The van der Waals surface area contributed by atoms with Crippen LogP contribution in [-0.4, -0.2) is 62.4 Å². The molecule has 2 aliphatic rings. The third kappa shape index (κ3) is 3.31. The zero-order chi connectivity index (χ0) is 10.7. The van der Waals surface area contributed by atoms with Crippen molar-refractivity contribution >= 4 is 18.3 Å². The number of halogens is 1. The van der Waals surface area contributed by atoms with Crippen molar-refractivity contribution in [3.63, 3.8) is 0 Å². The molecular formula is C10H19ClN2O3. The molecule has 2 heterocycles. The van der Waals surface area contributed by atoms with Gasteiger partial charge in [-0.3, -0.25) is 4.79 Å². The molecule has 1 unspecified atom stereocenters. The molecule has 0 saturated carbocycles. The molecule has 6 heteroatoms. The molecule has 0 radical (unpaired) electrons. The van der Waals surface area contributed by atoms with Crippen LogP contribution >= 0.6 is 12.4 Å². The summed E-state index contributed by atoms with van der Waals surface area (Å²) in [7, 11) is 0. The van der Waals surface area contributed by atoms with Crippen LogP contribution in [-0.2, 0) is 14.3 Å². The fraction of sp³-hybridized carbons (Fsp3) is 0.900. The van der Waals surface area contributed by atoms with E-state index in [0.717, 1.165) is 19.6 Å². The van der Waals surface area contributed by atoms with Crippen LogP contribution in [0.4, 0.5) is 0 Å². The second-order valence-corrected chi connectivity index (χ2v) is 4.07. The number of nitrogens with one attached hydrogen (secondary N) is 1. The lowest BCUT2D eigenvalue weighted by Gasteiger charge is -2.35. The standard InChI is InChI=1S/C10H18N2O3.ClH/c1-8-6-12(3-2-11-8)10(13)9-7-14-4-5-15-9;/h8-9,11H,2-7H2,1H3;1H/t8-,9?;/m1./s1. The first-order valence-corrected chi connectivity index (χ1v) is 5.49. The first kappa shape index (κ1) is 13.7. The van der Waals surface area contributed by atoms with Crippen molar-refractivity contribution < 1.29 is 14.3 Å². The van der Waals surface area contributed by atoms with Crippen LogP contribution in [0.3, 0.4) is 0 Å². The van der Waals surface area contributed by atoms with Crippen LogP contribution in [0, 0.1) is 0 Å². The van der Waals surface area contributed by atoms with E-state index in [9.17, 15) is 4.79 Å². The van der Waals surface area contributed by atoms with Gasteiger partial charge in [0, 0.05) is 25.7 Å². The number of nitrogens with zero attached hydrogens (tertiary/aromatic N) is 1. The molecule has 2 atom stereocenters. The summed E-state index contributed by atoms with van der Waals surface area (Å²) in [5.74, 6) is 0.0723. The minimum Gasteiger partial charge on any atom is -0.376 e. The summed E-state index contributed by atoms with van der Waals surface area (Å²) in [6, 6.07) is 0.368. The summed E-state index contributed by atoms with van der Waals surface area (Å²) in [5.41, 5.74) is 0. The lowest BCUT2D eigenvalue weighted by Crippen LogP contribution is -2.55. The molecule has 1 N–H and O–H groups in total. The molecule has 0 spiro atoms. The molecule has 0 bridgehead atoms. The quantitative estimate of drug-likeness (QED) is 0.691. The summed E-state index contributed by atoms with van der Waals surface area (Å²) in [6.07, 6.45) is -0.385. The van der Waals surface area contributed by atoms with Gasteiger partial charge in [0.1, 0.15) is 0 Å². The van der Waals surface area contributed by atoms with Crippen LogP contribution in [0.5, 0.6) is 0 Å². The van der Waals surface area contributed by atoms with Crippen molar-refractivity contribution in [2.24, 2.45) is 0 Å². The molecule has 5 nitrogen and oxygen atoms in total. The van der Waals surface area contributed by atoms with E-state index in [1.807, 2.05) is 4.90 Å². The number of rotatable bonds is 1. The van der Waals surface area contributed by atoms with Gasteiger partial charge in [0.05, 0.1) is 19.8 Å². The van der Waals surface area contributed by atoms with E-state index >= 15 is 0 Å². The zero-order valence-corrected chi connectivity index (χ0v) is 10.3. The number of amides is 1. The summed E-state index contributed by atoms with van der Waals surface area (Å²) < 4.78 is 10.6. The maximum Gasteiger partial charge on any atom is 0.254 e. The molecule has 2 aliphatic heterocycles. The average Bonchev–Trinajstić information content (AvgIpc) is 2.29. The Morgan fingerprint density at radius 2 is 2.25 bits per heavy atom. The molecular weight excluding hydrogens is 232 g/mol. The van der Waals surface area contributed by atoms with Crippen LogP contribution < -0.4 is 5.32 Å². The Labute approximate surface area is 102 Å². The van der Waals surface area contributed by atoms with E-state index in [2.05, 4.69) is 12.2 Å². The highest BCUT2D eigenvalue weighted by molar-refractivity contribution is 5.85. The van der Waals surface area contributed by atoms with Crippen molar-refractivity contribution in [1.82, 2.24) is 10.2 Å². The molecule has 2 saturated heterocycles. The lowest BCUT2D eigenvalue weighted by atomic mass is 10.2. The smallest absolute Gasteiger partial charge is 0.254 e. The largest absolute Gasteiger partial charge is 0.376 e. The third-order valence-corrected chi connectivity index (χ3v) is 2.77. The van der Waals surface area contributed by atoms with Gasteiger partial charge in [-0.25, -0.2) is 0 Å². The number of carbonyl (C=O) groups excluding carboxylic acids is 1. The van der Waals surface area contributed by atoms with E-state index in [-0.39, 0.29) is 24.4 Å². The highest BCUT2D eigenvalue weighted by atomic mass is 35.5. The SMILES string of the molecule is C[C@@H]1CN(C(=O)C2COCCO2)CCN1.Cl. The molecule has 1 amide bonds. The minimum atomic E-state index is -0.385. The minimum absolute atomic E-state index is 0. The molecule has 0 aromatic carbocycles. The third-order valence-electron chi connectivity index (χ3n) is 2.77. The maximum absolute atomic E-state index is 12.0. The van der Waals surface area contributed by atoms with Gasteiger partial charge in [-0.15, -0.1) is 12.4 Å². The normalized spacial score (nSPS) is 30.7. The van der Waals surface area contributed by atoms with E-state index in [0.29, 0.717) is 25.9 Å². The van der Waals surface area contributed by atoms with Gasteiger partial charge in [-0.2, -0.15) is 0 Å². The highest BCUT2D eigenvalue weighted by Crippen LogP contribution is 2.07. The van der Waals surface area contributed by atoms with Gasteiger partial charge in [0.2, 0.25) is 0 Å². The number of ether oxygens (including phenoxy) is 2. The number of hydrogen-bond donors (Lipinski definition) is 1. The zero-order valence-electron chi connectivity index (χ0n) is 9.48. The number of carbonyl (C=O) groups is 1. The van der Waals surface area contributed by atoms with Gasteiger partial charge >= 0.3 is 0 Å². The average molecular weight is 251 g/mol. The van der Waals surface area contributed by atoms with Gasteiger partial charge < -0.3 is 19.7 Å². The number of piperazine rings is 1. The van der Waals surface area contributed by atoms with E-state index in [4.69, 9.17) is 9.47 Å². The van der Waals surface area contributed by atoms with Crippen LogP contribution in [0.1, 0.15) is 6.92 Å². The molecule has 0 aliphatic carbocycles. The Hall–Kier alpha value is -0.360. The lowest BCUT2D eigenvalue weighted by molar-refractivity contribution is -0.159. The van der Waals surface area contributed by atoms with E-state index in [1.165, 1.54) is 0 Å². The second-order valence-electron chi connectivity index (χ2n) is 4.07. The molecule has 0 aromatic rings. The van der Waals surface area contributed by atoms with Crippen molar-refractivity contribution in [2.45, 2.75) is 19.1 Å². The van der Waals surface area contributed by atoms with E-state index in [1.54, 1.807) is 0 Å². The summed E-state index contributed by atoms with van der Waals surface area (Å²) in [5, 5.41) is 3.30. The second kappa shape index (κ2) is 6.39. The van der Waals surface area contributed by atoms with E-state index < -0.39 is 0 Å². The predicted octanol–water partition coefficient (Wildman–Crippen LogP) is -0.356. The molecule has 0 aromatic heterocycles. The maximum atomic E-state index is 12.0. The van der Waals surface area contributed by atoms with Crippen molar-refractivity contribution in [3.05, 3.63) is 0 Å². The van der Waals surface area contributed by atoms with Gasteiger partial charge in [0.25, 0.3) is 5.91 Å². The topological polar surface area (TPSA) is 50.8 Å². The molecule has 16 heavy (non-hydrogen) atoms. The Morgan fingerprint density at radius 1 is 1.44 bits per heavy atom. The van der Waals surface area contributed by atoms with Crippen molar-refractivity contribution in [2.75, 3.05) is 39.5 Å². The molecule has 94 valence electrons. The van der Waals surface area contributed by atoms with Crippen molar-refractivity contribution in [1.29, 1.82) is 0 Å². The monoisotopic (exact) mass is 250 g/mol. The fourth-order valence-corrected chi connectivity index (χ4v) is 1.97. The summed E-state index contributed by atoms with van der Waals surface area (Å²) >= 11 is 0. The predicted molar refractivity (Wildman–Crippen MR) is 61.9 cm³/mol. The Morgan fingerprint density at radius 3 is 2.88 bits per heavy atom. The highest BCUT2D eigenvalue weighted by Gasteiger charge is 2.29. The van der Waals surface area contributed by atoms with Crippen LogP contribution in [0.25, 0.3) is 0 Å². The summed E-state index contributed by atoms with van der Waals surface area (Å²) in [6.45, 7) is 6.00. The van der Waals surface area contributed by atoms with Crippen molar-refractivity contribution in [3.8, 4) is 0 Å². The van der Waals surface area contributed by atoms with Crippen LogP contribution in [0.15, 0.2) is 0 Å². The number of hydrogen-bond acceptors (Lipinski definition) is 4. The first-order chi connectivity index (χ1) is 7.27. The molecule has 2 rings (SSSR count). The Balaban J connectivity index is 0.00000128. The molecule has 2 fully saturated rings. The van der Waals surface area contributed by atoms with Gasteiger partial charge in [-0.1, -0.05) is 0 Å². The fourth-order valence-electron chi connectivity index (χ4n) is 1.97. The Bertz CT molecular complexity index is 234. The van der Waals surface area contributed by atoms with Crippen LogP contribution in [0.2, 0.25) is 0 Å². The van der Waals surface area contributed by atoms with Gasteiger partial charge in [0.15, 0.2) is 6.10 Å².